The van der Waals surface area contributed by atoms with Crippen LogP contribution in [0.15, 0.2) is 0 Å². The first-order valence-electron chi connectivity index (χ1n) is 6.18. The van der Waals surface area contributed by atoms with Gasteiger partial charge in [-0.3, -0.25) is 4.79 Å². The van der Waals surface area contributed by atoms with Gasteiger partial charge in [0, 0.05) is 20.1 Å². The predicted octanol–water partition coefficient (Wildman–Crippen LogP) is 0.973. The minimum Gasteiger partial charge on any atom is -0.480 e. The van der Waals surface area contributed by atoms with Gasteiger partial charge in [-0.25, -0.2) is 4.79 Å². The number of carbonyl (C=O) groups is 2. The van der Waals surface area contributed by atoms with Crippen molar-refractivity contribution in [3.63, 3.8) is 0 Å². The fraction of sp³-hybridized carbons (Fsp3) is 0.833. The van der Waals surface area contributed by atoms with E-state index in [1.54, 1.807) is 18.9 Å². The van der Waals surface area contributed by atoms with E-state index in [-0.39, 0.29) is 12.0 Å². The lowest BCUT2D eigenvalue weighted by Gasteiger charge is -2.30. The molecule has 0 aromatic heterocycles. The summed E-state index contributed by atoms with van der Waals surface area (Å²) in [5, 5.41) is 9.22. The molecule has 0 aliphatic carbocycles. The van der Waals surface area contributed by atoms with Crippen LogP contribution in [-0.4, -0.2) is 58.2 Å². The first kappa shape index (κ1) is 13.7. The van der Waals surface area contributed by atoms with E-state index in [4.69, 9.17) is 4.74 Å². The predicted molar refractivity (Wildman–Crippen MR) is 68.6 cm³/mol. The van der Waals surface area contributed by atoms with Gasteiger partial charge in [0.15, 0.2) is 0 Å². The molecule has 0 spiro atoms. The Morgan fingerprint density at radius 3 is 2.72 bits per heavy atom. The maximum atomic E-state index is 12.5. The van der Waals surface area contributed by atoms with Crippen LogP contribution in [0.2, 0.25) is 0 Å². The fourth-order valence-electron chi connectivity index (χ4n) is 2.68. The van der Waals surface area contributed by atoms with Crippen molar-refractivity contribution in [3.05, 3.63) is 0 Å². The zero-order valence-electron chi connectivity index (χ0n) is 10.7. The molecule has 6 heteroatoms. The van der Waals surface area contributed by atoms with Gasteiger partial charge in [-0.05, 0) is 25.5 Å². The number of carboxylic acid groups (broad SMARTS) is 1. The number of amides is 1. The topological polar surface area (TPSA) is 66.8 Å². The summed E-state index contributed by atoms with van der Waals surface area (Å²) in [5.74, 6) is -0.00641. The van der Waals surface area contributed by atoms with Crippen molar-refractivity contribution < 1.29 is 19.4 Å². The van der Waals surface area contributed by atoms with Crippen LogP contribution in [0.5, 0.6) is 0 Å². The molecule has 1 N–H and O–H groups in total. The second kappa shape index (κ2) is 5.09. The summed E-state index contributed by atoms with van der Waals surface area (Å²) < 4.78 is 4.76. The monoisotopic (exact) mass is 273 g/mol. The lowest BCUT2D eigenvalue weighted by molar-refractivity contribution is -0.149. The van der Waals surface area contributed by atoms with Crippen molar-refractivity contribution in [1.82, 2.24) is 4.90 Å². The molecule has 2 rings (SSSR count). The van der Waals surface area contributed by atoms with Gasteiger partial charge in [-0.15, -0.1) is 11.8 Å². The summed E-state index contributed by atoms with van der Waals surface area (Å²) >= 11 is 1.64. The lowest BCUT2D eigenvalue weighted by atomic mass is 10.0. The molecular weight excluding hydrogens is 254 g/mol. The highest BCUT2D eigenvalue weighted by Crippen LogP contribution is 2.40. The molecular formula is C12H19NO4S. The molecule has 0 bridgehead atoms. The number of thioether (sulfide) groups is 1. The minimum absolute atomic E-state index is 0.0445. The number of methoxy groups -OCH3 is 1. The van der Waals surface area contributed by atoms with Gasteiger partial charge in [0.1, 0.15) is 6.04 Å². The van der Waals surface area contributed by atoms with E-state index in [1.165, 1.54) is 4.90 Å². The Bertz CT molecular complexity index is 354. The Balaban J connectivity index is 2.15. The van der Waals surface area contributed by atoms with Gasteiger partial charge in [0.05, 0.1) is 10.9 Å². The number of hydrogen-bond donors (Lipinski definition) is 1. The fourth-order valence-corrected chi connectivity index (χ4v) is 3.95. The zero-order chi connectivity index (χ0) is 13.3. The molecule has 3 atom stereocenters. The molecule has 0 saturated carbocycles. The van der Waals surface area contributed by atoms with E-state index in [2.05, 4.69) is 0 Å². The van der Waals surface area contributed by atoms with Crippen LogP contribution in [0.1, 0.15) is 26.2 Å². The van der Waals surface area contributed by atoms with Crippen molar-refractivity contribution in [2.24, 2.45) is 0 Å². The maximum absolute atomic E-state index is 12.5. The van der Waals surface area contributed by atoms with E-state index in [0.29, 0.717) is 13.0 Å². The van der Waals surface area contributed by atoms with Crippen molar-refractivity contribution in [1.29, 1.82) is 0 Å². The van der Waals surface area contributed by atoms with Crippen LogP contribution < -0.4 is 0 Å². The third-order valence-corrected chi connectivity index (χ3v) is 5.32. The van der Waals surface area contributed by atoms with Gasteiger partial charge >= 0.3 is 5.97 Å². The average Bonchev–Trinajstić information content (AvgIpc) is 2.94. The van der Waals surface area contributed by atoms with Gasteiger partial charge in [0.25, 0.3) is 0 Å². The maximum Gasteiger partial charge on any atom is 0.326 e. The van der Waals surface area contributed by atoms with Crippen LogP contribution >= 0.6 is 11.8 Å². The molecule has 5 nitrogen and oxygen atoms in total. The average molecular weight is 273 g/mol. The first-order chi connectivity index (χ1) is 8.48. The van der Waals surface area contributed by atoms with Gasteiger partial charge in [-0.2, -0.15) is 0 Å². The minimum atomic E-state index is -0.936. The van der Waals surface area contributed by atoms with Crippen molar-refractivity contribution in [2.75, 3.05) is 19.4 Å². The highest BCUT2D eigenvalue weighted by Gasteiger charge is 2.47. The van der Waals surface area contributed by atoms with E-state index in [0.717, 1.165) is 18.6 Å². The van der Waals surface area contributed by atoms with E-state index >= 15 is 0 Å². The summed E-state index contributed by atoms with van der Waals surface area (Å²) in [4.78, 5) is 25.3. The van der Waals surface area contributed by atoms with Crippen molar-refractivity contribution in [2.45, 2.75) is 43.1 Å². The second-order valence-electron chi connectivity index (χ2n) is 5.09. The highest BCUT2D eigenvalue weighted by molar-refractivity contribution is 8.01. The second-order valence-corrected chi connectivity index (χ2v) is 6.69. The van der Waals surface area contributed by atoms with Crippen LogP contribution in [-0.2, 0) is 14.3 Å². The smallest absolute Gasteiger partial charge is 0.326 e. The molecule has 2 saturated heterocycles. The zero-order valence-corrected chi connectivity index (χ0v) is 11.5. The molecule has 3 unspecified atom stereocenters. The Hall–Kier alpha value is -0.750. The molecule has 2 aliphatic rings. The lowest BCUT2D eigenvalue weighted by Crippen LogP contribution is -2.48. The number of hydrogen-bond acceptors (Lipinski definition) is 4. The molecule has 18 heavy (non-hydrogen) atoms. The summed E-state index contributed by atoms with van der Waals surface area (Å²) in [6.45, 7) is 2.31. The summed E-state index contributed by atoms with van der Waals surface area (Å²) in [5.41, 5.74) is 0. The third-order valence-electron chi connectivity index (χ3n) is 3.81. The Labute approximate surface area is 111 Å². The Morgan fingerprint density at radius 1 is 1.50 bits per heavy atom. The molecule has 102 valence electrons. The standard InChI is InChI=1S/C12H19NO4S/c1-12(4-3-5-18-12)11(16)13-7-8(17-2)6-9(13)10(14)15/h8-9H,3-7H2,1-2H3,(H,14,15). The normalized spacial score (nSPS) is 36.0. The molecule has 2 fully saturated rings. The molecule has 0 aromatic carbocycles. The SMILES string of the molecule is COC1CC(C(=O)O)N(C(=O)C2(C)CCCS2)C1. The molecule has 2 aliphatic heterocycles. The number of likely N-dealkylation sites (tertiary alicyclic amines) is 1. The number of carbonyl (C=O) groups excluding carboxylic acids is 1. The first-order valence-corrected chi connectivity index (χ1v) is 7.17. The van der Waals surface area contributed by atoms with Gasteiger partial charge in [-0.1, -0.05) is 0 Å². The quantitative estimate of drug-likeness (QED) is 0.830. The highest BCUT2D eigenvalue weighted by atomic mass is 32.2. The number of ether oxygens (including phenoxy) is 1. The van der Waals surface area contributed by atoms with Crippen molar-refractivity contribution in [3.8, 4) is 0 Å². The van der Waals surface area contributed by atoms with E-state index in [1.807, 2.05) is 6.92 Å². The van der Waals surface area contributed by atoms with Crippen LogP contribution in [0.4, 0.5) is 0 Å². The summed E-state index contributed by atoms with van der Waals surface area (Å²) in [7, 11) is 1.56. The molecule has 2 heterocycles. The van der Waals surface area contributed by atoms with Crippen LogP contribution in [0.25, 0.3) is 0 Å². The van der Waals surface area contributed by atoms with Gasteiger partial charge in [0.2, 0.25) is 5.91 Å². The Kier molecular flexibility index (Phi) is 3.87. The Morgan fingerprint density at radius 2 is 2.22 bits per heavy atom. The molecule has 0 aromatic rings. The van der Waals surface area contributed by atoms with E-state index < -0.39 is 16.8 Å². The molecule has 1 amide bonds. The third kappa shape index (κ3) is 2.36. The number of nitrogens with zero attached hydrogens (tertiary/aromatic N) is 1. The van der Waals surface area contributed by atoms with Crippen molar-refractivity contribution >= 4 is 23.6 Å². The summed E-state index contributed by atoms with van der Waals surface area (Å²) in [6, 6.07) is -0.736. The molecule has 0 radical (unpaired) electrons. The van der Waals surface area contributed by atoms with E-state index in [9.17, 15) is 14.7 Å². The summed E-state index contributed by atoms with van der Waals surface area (Å²) in [6.07, 6.45) is 2.08. The van der Waals surface area contributed by atoms with Crippen LogP contribution in [0, 0.1) is 0 Å². The number of carboxylic acids is 1. The van der Waals surface area contributed by atoms with Crippen LogP contribution in [0.3, 0.4) is 0 Å². The van der Waals surface area contributed by atoms with Gasteiger partial charge < -0.3 is 14.7 Å². The number of aliphatic carboxylic acids is 1. The number of rotatable bonds is 3. The largest absolute Gasteiger partial charge is 0.480 e.